The smallest absolute Gasteiger partial charge is 0.112 e. The standard InChI is InChI=1S/C13H25NO2/c1-4-9-14-13(11(5-2)15-3)12-8-6-7-10-16-12/h8,11,13-14H,4-7,9-10H2,1-3H3. The number of hydrogen-bond acceptors (Lipinski definition) is 3. The van der Waals surface area contributed by atoms with E-state index in [-0.39, 0.29) is 12.1 Å². The maximum absolute atomic E-state index is 5.74. The topological polar surface area (TPSA) is 30.5 Å². The molecule has 2 atom stereocenters. The van der Waals surface area contributed by atoms with Gasteiger partial charge in [-0.1, -0.05) is 13.8 Å². The van der Waals surface area contributed by atoms with Crippen LogP contribution in [-0.4, -0.2) is 32.4 Å². The van der Waals surface area contributed by atoms with Gasteiger partial charge in [0.05, 0.1) is 18.8 Å². The number of allylic oxidation sites excluding steroid dienone is 1. The van der Waals surface area contributed by atoms with Crippen molar-refractivity contribution >= 4 is 0 Å². The molecule has 0 fully saturated rings. The molecule has 0 saturated heterocycles. The van der Waals surface area contributed by atoms with E-state index >= 15 is 0 Å². The van der Waals surface area contributed by atoms with Gasteiger partial charge in [0.2, 0.25) is 0 Å². The van der Waals surface area contributed by atoms with Crippen molar-refractivity contribution in [1.82, 2.24) is 5.32 Å². The molecule has 0 radical (unpaired) electrons. The second-order valence-electron chi connectivity index (χ2n) is 4.21. The lowest BCUT2D eigenvalue weighted by Crippen LogP contribution is -2.43. The summed E-state index contributed by atoms with van der Waals surface area (Å²) in [6.45, 7) is 6.17. The van der Waals surface area contributed by atoms with Crippen LogP contribution in [-0.2, 0) is 9.47 Å². The lowest BCUT2D eigenvalue weighted by molar-refractivity contribution is 0.0477. The predicted molar refractivity (Wildman–Crippen MR) is 66.4 cm³/mol. The number of hydrogen-bond donors (Lipinski definition) is 1. The molecule has 94 valence electrons. The molecule has 0 bridgehead atoms. The first-order valence-electron chi connectivity index (χ1n) is 6.42. The number of nitrogens with one attached hydrogen (secondary N) is 1. The highest BCUT2D eigenvalue weighted by atomic mass is 16.5. The molecule has 1 aliphatic heterocycles. The molecular weight excluding hydrogens is 202 g/mol. The van der Waals surface area contributed by atoms with Gasteiger partial charge >= 0.3 is 0 Å². The third kappa shape index (κ3) is 3.80. The van der Waals surface area contributed by atoms with Crippen LogP contribution in [0.3, 0.4) is 0 Å². The van der Waals surface area contributed by atoms with Crippen LogP contribution in [0.2, 0.25) is 0 Å². The fourth-order valence-corrected chi connectivity index (χ4v) is 2.05. The van der Waals surface area contributed by atoms with Gasteiger partial charge in [-0.3, -0.25) is 0 Å². The Kier molecular flexibility index (Phi) is 6.50. The molecule has 1 aliphatic rings. The maximum Gasteiger partial charge on any atom is 0.112 e. The van der Waals surface area contributed by atoms with Gasteiger partial charge in [0.1, 0.15) is 5.76 Å². The number of methoxy groups -OCH3 is 1. The van der Waals surface area contributed by atoms with Crippen molar-refractivity contribution in [3.05, 3.63) is 11.8 Å². The Morgan fingerprint density at radius 2 is 2.31 bits per heavy atom. The van der Waals surface area contributed by atoms with E-state index in [1.807, 2.05) is 0 Å². The first-order chi connectivity index (χ1) is 7.83. The van der Waals surface area contributed by atoms with Gasteiger partial charge in [-0.25, -0.2) is 0 Å². The van der Waals surface area contributed by atoms with Crippen molar-refractivity contribution in [3.8, 4) is 0 Å². The van der Waals surface area contributed by atoms with E-state index in [1.165, 1.54) is 0 Å². The molecule has 3 nitrogen and oxygen atoms in total. The highest BCUT2D eigenvalue weighted by Gasteiger charge is 2.25. The van der Waals surface area contributed by atoms with Crippen LogP contribution in [0.15, 0.2) is 11.8 Å². The normalized spacial score (nSPS) is 19.8. The van der Waals surface area contributed by atoms with Gasteiger partial charge in [-0.15, -0.1) is 0 Å². The fraction of sp³-hybridized carbons (Fsp3) is 0.846. The zero-order valence-electron chi connectivity index (χ0n) is 10.8. The van der Waals surface area contributed by atoms with Crippen molar-refractivity contribution < 1.29 is 9.47 Å². The Balaban J connectivity index is 2.64. The van der Waals surface area contributed by atoms with E-state index in [1.54, 1.807) is 7.11 Å². The van der Waals surface area contributed by atoms with Gasteiger partial charge in [0.25, 0.3) is 0 Å². The zero-order valence-corrected chi connectivity index (χ0v) is 10.8. The van der Waals surface area contributed by atoms with Gasteiger partial charge in [-0.05, 0) is 38.3 Å². The molecule has 0 aromatic rings. The summed E-state index contributed by atoms with van der Waals surface area (Å²) in [6, 6.07) is 0.218. The summed E-state index contributed by atoms with van der Waals surface area (Å²) in [4.78, 5) is 0. The Labute approximate surface area is 99.2 Å². The van der Waals surface area contributed by atoms with Crippen LogP contribution < -0.4 is 5.32 Å². The molecule has 16 heavy (non-hydrogen) atoms. The molecular formula is C13H25NO2. The van der Waals surface area contributed by atoms with Gasteiger partial charge < -0.3 is 14.8 Å². The second-order valence-corrected chi connectivity index (χ2v) is 4.21. The molecule has 1 rings (SSSR count). The highest BCUT2D eigenvalue weighted by Crippen LogP contribution is 2.19. The van der Waals surface area contributed by atoms with Gasteiger partial charge in [0.15, 0.2) is 0 Å². The first-order valence-corrected chi connectivity index (χ1v) is 6.42. The summed E-state index contributed by atoms with van der Waals surface area (Å²) < 4.78 is 11.3. The Bertz CT molecular complexity index is 212. The van der Waals surface area contributed by atoms with Crippen LogP contribution >= 0.6 is 0 Å². The van der Waals surface area contributed by atoms with Gasteiger partial charge in [0, 0.05) is 7.11 Å². The van der Waals surface area contributed by atoms with Crippen LogP contribution in [0.5, 0.6) is 0 Å². The largest absolute Gasteiger partial charge is 0.496 e. The van der Waals surface area contributed by atoms with Crippen molar-refractivity contribution in [2.75, 3.05) is 20.3 Å². The summed E-state index contributed by atoms with van der Waals surface area (Å²) in [5, 5.41) is 3.52. The third-order valence-corrected chi connectivity index (χ3v) is 2.96. The third-order valence-electron chi connectivity index (χ3n) is 2.96. The summed E-state index contributed by atoms with van der Waals surface area (Å²) >= 11 is 0. The molecule has 0 aromatic carbocycles. The molecule has 2 unspecified atom stereocenters. The van der Waals surface area contributed by atoms with Crippen molar-refractivity contribution in [3.63, 3.8) is 0 Å². The van der Waals surface area contributed by atoms with E-state index in [0.717, 1.165) is 44.6 Å². The predicted octanol–water partition coefficient (Wildman–Crippen LogP) is 2.47. The summed E-state index contributed by atoms with van der Waals surface area (Å²) in [6.07, 6.45) is 6.80. The van der Waals surface area contributed by atoms with Crippen LogP contribution in [0.1, 0.15) is 39.5 Å². The Morgan fingerprint density at radius 3 is 2.81 bits per heavy atom. The zero-order chi connectivity index (χ0) is 11.8. The minimum atomic E-state index is 0.205. The van der Waals surface area contributed by atoms with Crippen molar-refractivity contribution in [2.45, 2.75) is 51.7 Å². The van der Waals surface area contributed by atoms with E-state index in [2.05, 4.69) is 25.2 Å². The molecule has 0 amide bonds. The lowest BCUT2D eigenvalue weighted by Gasteiger charge is -2.30. The van der Waals surface area contributed by atoms with Crippen LogP contribution in [0.25, 0.3) is 0 Å². The highest BCUT2D eigenvalue weighted by molar-refractivity contribution is 5.08. The monoisotopic (exact) mass is 227 g/mol. The maximum atomic E-state index is 5.74. The Morgan fingerprint density at radius 1 is 1.50 bits per heavy atom. The molecule has 0 spiro atoms. The molecule has 0 saturated carbocycles. The number of rotatable bonds is 7. The summed E-state index contributed by atoms with van der Waals surface area (Å²) in [7, 11) is 1.78. The SMILES string of the molecule is CCCNC(C1=CCCCO1)C(CC)OC. The molecule has 0 aliphatic carbocycles. The van der Waals surface area contributed by atoms with Crippen LogP contribution in [0, 0.1) is 0 Å². The Hall–Kier alpha value is -0.540. The second kappa shape index (κ2) is 7.69. The molecule has 3 heteroatoms. The van der Waals surface area contributed by atoms with Crippen LogP contribution in [0.4, 0.5) is 0 Å². The lowest BCUT2D eigenvalue weighted by atomic mass is 10.0. The molecule has 1 N–H and O–H groups in total. The minimum absolute atomic E-state index is 0.205. The first kappa shape index (κ1) is 13.5. The molecule has 1 heterocycles. The quantitative estimate of drug-likeness (QED) is 0.725. The number of ether oxygens (including phenoxy) is 2. The average Bonchev–Trinajstić information content (AvgIpc) is 2.35. The summed E-state index contributed by atoms with van der Waals surface area (Å²) in [5.74, 6) is 1.08. The summed E-state index contributed by atoms with van der Waals surface area (Å²) in [5.41, 5.74) is 0. The van der Waals surface area contributed by atoms with Crippen molar-refractivity contribution in [1.29, 1.82) is 0 Å². The van der Waals surface area contributed by atoms with E-state index in [4.69, 9.17) is 9.47 Å². The van der Waals surface area contributed by atoms with Gasteiger partial charge in [-0.2, -0.15) is 0 Å². The van der Waals surface area contributed by atoms with E-state index in [9.17, 15) is 0 Å². The molecule has 0 aromatic heterocycles. The van der Waals surface area contributed by atoms with E-state index < -0.39 is 0 Å². The fourth-order valence-electron chi connectivity index (χ4n) is 2.05. The van der Waals surface area contributed by atoms with Crippen molar-refractivity contribution in [2.24, 2.45) is 0 Å². The average molecular weight is 227 g/mol. The van der Waals surface area contributed by atoms with E-state index in [0.29, 0.717) is 0 Å². The minimum Gasteiger partial charge on any atom is -0.496 e.